The van der Waals surface area contributed by atoms with E-state index in [9.17, 15) is 18.3 Å². The number of rotatable bonds is 2. The van der Waals surface area contributed by atoms with Crippen molar-refractivity contribution in [2.24, 2.45) is 0 Å². The van der Waals surface area contributed by atoms with Crippen LogP contribution in [0.15, 0.2) is 35.4 Å². The van der Waals surface area contributed by atoms with Crippen molar-refractivity contribution in [3.63, 3.8) is 0 Å². The SMILES string of the molecule is O=C(O)c1cc2ccccc2nc1S(=O)(=O)C(Br)(Br)Br. The number of para-hydroxylation sites is 1. The average molecular weight is 488 g/mol. The van der Waals surface area contributed by atoms with Gasteiger partial charge in [-0.15, -0.1) is 0 Å². The zero-order valence-electron chi connectivity index (χ0n) is 9.55. The fourth-order valence-corrected chi connectivity index (χ4v) is 3.82. The summed E-state index contributed by atoms with van der Waals surface area (Å²) in [5, 5.41) is 9.23. The normalized spacial score (nSPS) is 12.6. The molecule has 0 amide bonds. The van der Waals surface area contributed by atoms with Crippen molar-refractivity contribution in [3.8, 4) is 0 Å². The lowest BCUT2D eigenvalue weighted by Crippen LogP contribution is -2.22. The summed E-state index contributed by atoms with van der Waals surface area (Å²) in [6, 6.07) is 7.97. The van der Waals surface area contributed by atoms with Crippen molar-refractivity contribution in [1.29, 1.82) is 0 Å². The van der Waals surface area contributed by atoms with Gasteiger partial charge in [-0.2, -0.15) is 0 Å². The fraction of sp³-hybridized carbons (Fsp3) is 0.0909. The molecule has 2 rings (SSSR count). The molecule has 0 unspecified atom stereocenters. The van der Waals surface area contributed by atoms with Crippen molar-refractivity contribution < 1.29 is 18.3 Å². The van der Waals surface area contributed by atoms with Gasteiger partial charge in [0, 0.05) is 5.39 Å². The molecule has 0 fully saturated rings. The Labute approximate surface area is 139 Å². The van der Waals surface area contributed by atoms with Crippen LogP contribution in [-0.2, 0) is 9.84 Å². The Kier molecular flexibility index (Phi) is 4.25. The first-order chi connectivity index (χ1) is 9.14. The van der Waals surface area contributed by atoms with Crippen LogP contribution in [0.3, 0.4) is 0 Å². The van der Waals surface area contributed by atoms with E-state index in [4.69, 9.17) is 0 Å². The minimum atomic E-state index is -4.09. The molecule has 1 aromatic carbocycles. The second-order valence-electron chi connectivity index (χ2n) is 3.79. The number of nitrogens with zero attached hydrogens (tertiary/aromatic N) is 1. The van der Waals surface area contributed by atoms with Gasteiger partial charge in [-0.3, -0.25) is 0 Å². The number of halogens is 3. The summed E-state index contributed by atoms with van der Waals surface area (Å²) in [6.07, 6.45) is 0. The third kappa shape index (κ3) is 2.76. The Morgan fingerprint density at radius 3 is 2.35 bits per heavy atom. The van der Waals surface area contributed by atoms with E-state index in [-0.39, 0.29) is 5.56 Å². The molecule has 106 valence electrons. The molecule has 1 N–H and O–H groups in total. The summed E-state index contributed by atoms with van der Waals surface area (Å²) in [4.78, 5) is 15.3. The van der Waals surface area contributed by atoms with E-state index in [1.165, 1.54) is 6.07 Å². The van der Waals surface area contributed by atoms with E-state index in [1.54, 1.807) is 24.3 Å². The minimum absolute atomic E-state index is 0.383. The third-order valence-corrected chi connectivity index (χ3v) is 7.74. The smallest absolute Gasteiger partial charge is 0.338 e. The number of aromatic nitrogens is 1. The Hall–Kier alpha value is -0.510. The zero-order chi connectivity index (χ0) is 15.1. The van der Waals surface area contributed by atoms with Gasteiger partial charge in [0.15, 0.2) is 5.03 Å². The van der Waals surface area contributed by atoms with E-state index in [2.05, 4.69) is 52.8 Å². The van der Waals surface area contributed by atoms with Crippen LogP contribution >= 0.6 is 47.8 Å². The van der Waals surface area contributed by atoms with Gasteiger partial charge in [0.2, 0.25) is 11.3 Å². The zero-order valence-corrected chi connectivity index (χ0v) is 15.1. The number of fused-ring (bicyclic) bond motifs is 1. The molecule has 0 saturated carbocycles. The lowest BCUT2D eigenvalue weighted by molar-refractivity contribution is 0.0692. The number of hydrogen-bond donors (Lipinski definition) is 1. The molecule has 2 aromatic rings. The number of carbonyl (C=O) groups is 1. The molecule has 1 aromatic heterocycles. The largest absolute Gasteiger partial charge is 0.478 e. The van der Waals surface area contributed by atoms with Gasteiger partial charge >= 0.3 is 5.97 Å². The quantitative estimate of drug-likeness (QED) is 0.655. The second-order valence-corrected chi connectivity index (χ2v) is 14.1. The van der Waals surface area contributed by atoms with Crippen LogP contribution in [0.25, 0.3) is 10.9 Å². The minimum Gasteiger partial charge on any atom is -0.478 e. The molecule has 0 spiro atoms. The lowest BCUT2D eigenvalue weighted by atomic mass is 10.1. The van der Waals surface area contributed by atoms with Gasteiger partial charge in [0.1, 0.15) is 0 Å². The number of sulfone groups is 1. The molecule has 0 radical (unpaired) electrons. The van der Waals surface area contributed by atoms with Crippen LogP contribution in [0, 0.1) is 0 Å². The number of hydrogen-bond acceptors (Lipinski definition) is 4. The Bertz CT molecular complexity index is 799. The van der Waals surface area contributed by atoms with Gasteiger partial charge in [-0.05, 0) is 59.9 Å². The average Bonchev–Trinajstić information content (AvgIpc) is 2.35. The van der Waals surface area contributed by atoms with Crippen LogP contribution in [0.4, 0.5) is 0 Å². The van der Waals surface area contributed by atoms with Gasteiger partial charge in [-0.25, -0.2) is 18.2 Å². The van der Waals surface area contributed by atoms with Crippen LogP contribution in [-0.4, -0.2) is 26.0 Å². The van der Waals surface area contributed by atoms with E-state index in [0.717, 1.165) is 0 Å². The van der Waals surface area contributed by atoms with Crippen molar-refractivity contribution in [3.05, 3.63) is 35.9 Å². The number of carboxylic acids is 1. The first-order valence-electron chi connectivity index (χ1n) is 5.09. The maximum Gasteiger partial charge on any atom is 0.338 e. The van der Waals surface area contributed by atoms with E-state index in [0.29, 0.717) is 10.9 Å². The summed E-state index contributed by atoms with van der Waals surface area (Å²) in [6.45, 7) is 0. The number of carboxylic acid groups (broad SMARTS) is 1. The monoisotopic (exact) mass is 485 g/mol. The molecule has 0 aliphatic rings. The highest BCUT2D eigenvalue weighted by Crippen LogP contribution is 2.43. The standard InChI is InChI=1S/C11H6Br3NO4S/c12-11(13,14)20(18,19)9-7(10(16)17)5-6-3-1-2-4-8(6)15-9/h1-5H,(H,16,17). The molecule has 1 heterocycles. The van der Waals surface area contributed by atoms with Crippen LogP contribution in [0.5, 0.6) is 0 Å². The molecular formula is C11H6Br3NO4S. The van der Waals surface area contributed by atoms with Crippen LogP contribution in [0.2, 0.25) is 0 Å². The Morgan fingerprint density at radius 2 is 1.80 bits per heavy atom. The predicted octanol–water partition coefficient (Wildman–Crippen LogP) is 3.50. The van der Waals surface area contributed by atoms with Crippen LogP contribution < -0.4 is 0 Å². The van der Waals surface area contributed by atoms with Crippen molar-refractivity contribution in [2.45, 2.75) is 6.50 Å². The number of pyridine rings is 1. The highest BCUT2D eigenvalue weighted by Gasteiger charge is 2.41. The number of alkyl halides is 3. The van der Waals surface area contributed by atoms with E-state index in [1.807, 2.05) is 0 Å². The maximum atomic E-state index is 12.4. The lowest BCUT2D eigenvalue weighted by Gasteiger charge is -2.15. The van der Waals surface area contributed by atoms with Gasteiger partial charge in [-0.1, -0.05) is 18.2 Å². The maximum absolute atomic E-state index is 12.4. The Morgan fingerprint density at radius 1 is 1.20 bits per heavy atom. The molecule has 0 saturated heterocycles. The van der Waals surface area contributed by atoms with E-state index >= 15 is 0 Å². The second kappa shape index (κ2) is 5.36. The molecule has 0 aliphatic heterocycles. The van der Waals surface area contributed by atoms with Crippen molar-refractivity contribution >= 4 is 74.5 Å². The first kappa shape index (κ1) is 15.9. The molecule has 9 heteroatoms. The third-order valence-electron chi connectivity index (χ3n) is 2.48. The van der Waals surface area contributed by atoms with Crippen molar-refractivity contribution in [2.75, 3.05) is 0 Å². The Balaban J connectivity index is 2.88. The predicted molar refractivity (Wildman–Crippen MR) is 85.4 cm³/mol. The summed E-state index contributed by atoms with van der Waals surface area (Å²) in [5.41, 5.74) is 0.0132. The van der Waals surface area contributed by atoms with E-state index < -0.39 is 22.3 Å². The van der Waals surface area contributed by atoms with Gasteiger partial charge in [0.05, 0.1) is 11.1 Å². The number of benzene rings is 1. The van der Waals surface area contributed by atoms with Crippen molar-refractivity contribution in [1.82, 2.24) is 4.98 Å². The topological polar surface area (TPSA) is 84.3 Å². The summed E-state index contributed by atoms with van der Waals surface area (Å²) in [7, 11) is -4.09. The molecular weight excluding hydrogens is 482 g/mol. The molecule has 0 aliphatic carbocycles. The van der Waals surface area contributed by atoms with Crippen LogP contribution in [0.1, 0.15) is 10.4 Å². The molecule has 20 heavy (non-hydrogen) atoms. The highest BCUT2D eigenvalue weighted by molar-refractivity contribution is 9.42. The molecule has 0 atom stereocenters. The summed E-state index contributed by atoms with van der Waals surface area (Å²) < 4.78 is 23.0. The van der Waals surface area contributed by atoms with Gasteiger partial charge < -0.3 is 5.11 Å². The van der Waals surface area contributed by atoms with Gasteiger partial charge in [0.25, 0.3) is 0 Å². The molecule has 5 nitrogen and oxygen atoms in total. The summed E-state index contributed by atoms with van der Waals surface area (Å²) >= 11 is 8.69. The fourth-order valence-electron chi connectivity index (χ4n) is 1.57. The molecule has 0 bridgehead atoms. The highest BCUT2D eigenvalue weighted by atomic mass is 80.0. The number of aromatic carboxylic acids is 1. The summed E-state index contributed by atoms with van der Waals surface area (Å²) in [5.74, 6) is -1.36. The first-order valence-corrected chi connectivity index (χ1v) is 8.95.